The summed E-state index contributed by atoms with van der Waals surface area (Å²) in [5.41, 5.74) is 6.61. The molecule has 2 rings (SSSR count). The lowest BCUT2D eigenvalue weighted by Crippen LogP contribution is -2.47. The van der Waals surface area contributed by atoms with Crippen LogP contribution in [0.25, 0.3) is 0 Å². The second-order valence-corrected chi connectivity index (χ2v) is 8.12. The number of nitrogens with one attached hydrogen (secondary N) is 1. The second kappa shape index (κ2) is 7.19. The quantitative estimate of drug-likeness (QED) is 0.826. The standard InChI is InChI=1S/C14H22BrN3O2S/c1-11(13-4-6-14(15)7-5-13)17-21(19,20)18-8-2-3-12(9-16)10-18/h4-7,11-12,17H,2-3,8-10,16H2,1H3. The fourth-order valence-electron chi connectivity index (χ4n) is 2.55. The molecule has 1 heterocycles. The Hall–Kier alpha value is -0.470. The predicted octanol–water partition coefficient (Wildman–Crippen LogP) is 2.02. The molecule has 0 spiro atoms. The molecule has 1 aromatic rings. The minimum atomic E-state index is -3.47. The molecule has 1 aromatic carbocycles. The summed E-state index contributed by atoms with van der Waals surface area (Å²) in [4.78, 5) is 0. The molecule has 1 saturated heterocycles. The number of nitrogens with zero attached hydrogens (tertiary/aromatic N) is 1. The Bertz CT molecular complexity index is 562. The Morgan fingerprint density at radius 3 is 2.71 bits per heavy atom. The SMILES string of the molecule is CC(NS(=O)(=O)N1CCCC(CN)C1)c1ccc(Br)cc1. The van der Waals surface area contributed by atoms with E-state index in [1.54, 1.807) is 0 Å². The van der Waals surface area contributed by atoms with Gasteiger partial charge in [-0.1, -0.05) is 28.1 Å². The van der Waals surface area contributed by atoms with Crippen LogP contribution < -0.4 is 10.5 Å². The van der Waals surface area contributed by atoms with Crippen molar-refractivity contribution in [2.75, 3.05) is 19.6 Å². The third-order valence-electron chi connectivity index (χ3n) is 3.85. The Balaban J connectivity index is 2.04. The fourth-order valence-corrected chi connectivity index (χ4v) is 4.33. The minimum absolute atomic E-state index is 0.262. The van der Waals surface area contributed by atoms with Gasteiger partial charge in [0.2, 0.25) is 0 Å². The van der Waals surface area contributed by atoms with Gasteiger partial charge in [-0.05, 0) is 49.9 Å². The van der Waals surface area contributed by atoms with Crippen LogP contribution >= 0.6 is 15.9 Å². The van der Waals surface area contributed by atoms with E-state index >= 15 is 0 Å². The molecule has 1 aliphatic heterocycles. The van der Waals surface area contributed by atoms with Gasteiger partial charge >= 0.3 is 0 Å². The number of rotatable bonds is 5. The summed E-state index contributed by atoms with van der Waals surface area (Å²) in [7, 11) is -3.47. The number of hydrogen-bond donors (Lipinski definition) is 2. The fraction of sp³-hybridized carbons (Fsp3) is 0.571. The van der Waals surface area contributed by atoms with Crippen molar-refractivity contribution in [1.82, 2.24) is 9.03 Å². The van der Waals surface area contributed by atoms with Gasteiger partial charge in [0.05, 0.1) is 0 Å². The Morgan fingerprint density at radius 2 is 2.10 bits per heavy atom. The van der Waals surface area contributed by atoms with E-state index < -0.39 is 10.2 Å². The van der Waals surface area contributed by atoms with Crippen LogP contribution in [0.4, 0.5) is 0 Å². The molecule has 0 saturated carbocycles. The maximum atomic E-state index is 12.5. The van der Waals surface area contributed by atoms with Crippen LogP contribution in [0.3, 0.4) is 0 Å². The molecule has 0 aromatic heterocycles. The summed E-state index contributed by atoms with van der Waals surface area (Å²) in [5.74, 6) is 0.262. The number of halogens is 1. The number of benzene rings is 1. The van der Waals surface area contributed by atoms with Crippen molar-refractivity contribution < 1.29 is 8.42 Å². The van der Waals surface area contributed by atoms with Crippen LogP contribution in [-0.4, -0.2) is 32.4 Å². The van der Waals surface area contributed by atoms with Gasteiger partial charge in [-0.2, -0.15) is 17.4 Å². The first-order chi connectivity index (χ1) is 9.92. The third kappa shape index (κ3) is 4.50. The number of hydrogen-bond acceptors (Lipinski definition) is 3. The van der Waals surface area contributed by atoms with E-state index in [9.17, 15) is 8.42 Å². The lowest BCUT2D eigenvalue weighted by molar-refractivity contribution is 0.267. The van der Waals surface area contributed by atoms with Gasteiger partial charge in [0.15, 0.2) is 0 Å². The van der Waals surface area contributed by atoms with E-state index in [2.05, 4.69) is 20.7 Å². The van der Waals surface area contributed by atoms with Gasteiger partial charge in [0.25, 0.3) is 10.2 Å². The summed E-state index contributed by atoms with van der Waals surface area (Å²) in [5, 5.41) is 0. The molecule has 0 amide bonds. The van der Waals surface area contributed by atoms with Crippen molar-refractivity contribution in [2.45, 2.75) is 25.8 Å². The zero-order valence-corrected chi connectivity index (χ0v) is 14.5. The lowest BCUT2D eigenvalue weighted by Gasteiger charge is -2.32. The summed E-state index contributed by atoms with van der Waals surface area (Å²) >= 11 is 3.37. The third-order valence-corrected chi connectivity index (χ3v) is 6.04. The van der Waals surface area contributed by atoms with Crippen molar-refractivity contribution in [3.8, 4) is 0 Å². The van der Waals surface area contributed by atoms with Crippen molar-refractivity contribution >= 4 is 26.1 Å². The molecule has 118 valence electrons. The number of nitrogens with two attached hydrogens (primary N) is 1. The van der Waals surface area contributed by atoms with Gasteiger partial charge in [-0.3, -0.25) is 0 Å². The first-order valence-electron chi connectivity index (χ1n) is 7.15. The van der Waals surface area contributed by atoms with E-state index in [1.807, 2.05) is 31.2 Å². The van der Waals surface area contributed by atoms with Crippen molar-refractivity contribution in [1.29, 1.82) is 0 Å². The van der Waals surface area contributed by atoms with E-state index in [4.69, 9.17) is 5.73 Å². The van der Waals surface area contributed by atoms with Gasteiger partial charge in [0, 0.05) is 23.6 Å². The second-order valence-electron chi connectivity index (χ2n) is 5.50. The molecule has 3 N–H and O–H groups in total. The molecule has 2 atom stereocenters. The van der Waals surface area contributed by atoms with E-state index in [0.717, 1.165) is 22.9 Å². The van der Waals surface area contributed by atoms with Gasteiger partial charge in [-0.15, -0.1) is 0 Å². The highest BCUT2D eigenvalue weighted by Crippen LogP contribution is 2.21. The highest BCUT2D eigenvalue weighted by Gasteiger charge is 2.29. The first-order valence-corrected chi connectivity index (χ1v) is 9.38. The Morgan fingerprint density at radius 1 is 1.43 bits per heavy atom. The zero-order valence-electron chi connectivity index (χ0n) is 12.1. The van der Waals surface area contributed by atoms with Crippen LogP contribution in [0.5, 0.6) is 0 Å². The summed E-state index contributed by atoms with van der Waals surface area (Å²) < 4.78 is 30.2. The van der Waals surface area contributed by atoms with Crippen molar-refractivity contribution in [3.05, 3.63) is 34.3 Å². The molecular formula is C14H22BrN3O2S. The topological polar surface area (TPSA) is 75.4 Å². The average Bonchev–Trinajstić information content (AvgIpc) is 2.47. The monoisotopic (exact) mass is 375 g/mol. The van der Waals surface area contributed by atoms with Gasteiger partial charge < -0.3 is 5.73 Å². The van der Waals surface area contributed by atoms with E-state index in [1.165, 1.54) is 4.31 Å². The van der Waals surface area contributed by atoms with Crippen molar-refractivity contribution in [3.63, 3.8) is 0 Å². The largest absolute Gasteiger partial charge is 0.330 e. The average molecular weight is 376 g/mol. The van der Waals surface area contributed by atoms with Gasteiger partial charge in [0.1, 0.15) is 0 Å². The highest BCUT2D eigenvalue weighted by molar-refractivity contribution is 9.10. The predicted molar refractivity (Wildman–Crippen MR) is 88.0 cm³/mol. The van der Waals surface area contributed by atoms with Crippen LogP contribution in [0.1, 0.15) is 31.4 Å². The minimum Gasteiger partial charge on any atom is -0.330 e. The van der Waals surface area contributed by atoms with Crippen molar-refractivity contribution in [2.24, 2.45) is 11.7 Å². The summed E-state index contributed by atoms with van der Waals surface area (Å²) in [6.07, 6.45) is 1.88. The molecule has 21 heavy (non-hydrogen) atoms. The number of piperidine rings is 1. The molecular weight excluding hydrogens is 354 g/mol. The van der Waals surface area contributed by atoms with Crippen LogP contribution in [0.15, 0.2) is 28.7 Å². The van der Waals surface area contributed by atoms with Gasteiger partial charge in [-0.25, -0.2) is 0 Å². The highest BCUT2D eigenvalue weighted by atomic mass is 79.9. The Kier molecular flexibility index (Phi) is 5.79. The first kappa shape index (κ1) is 16.9. The molecule has 2 unspecified atom stereocenters. The molecule has 0 bridgehead atoms. The van der Waals surface area contributed by atoms with Crippen LogP contribution in [0.2, 0.25) is 0 Å². The molecule has 0 radical (unpaired) electrons. The maximum absolute atomic E-state index is 12.5. The lowest BCUT2D eigenvalue weighted by atomic mass is 10.0. The smallest absolute Gasteiger partial charge is 0.280 e. The molecule has 1 fully saturated rings. The molecule has 0 aliphatic carbocycles. The molecule has 7 heteroatoms. The summed E-state index contributed by atoms with van der Waals surface area (Å²) in [6, 6.07) is 7.38. The zero-order chi connectivity index (χ0) is 15.5. The Labute approximate surface area is 135 Å². The van der Waals surface area contributed by atoms with Crippen LogP contribution in [-0.2, 0) is 10.2 Å². The maximum Gasteiger partial charge on any atom is 0.280 e. The summed E-state index contributed by atoms with van der Waals surface area (Å²) in [6.45, 7) is 3.47. The van der Waals surface area contributed by atoms with Crippen LogP contribution in [0, 0.1) is 5.92 Å². The van der Waals surface area contributed by atoms with E-state index in [0.29, 0.717) is 19.6 Å². The normalized spacial score (nSPS) is 22.1. The molecule has 1 aliphatic rings. The van der Waals surface area contributed by atoms with E-state index in [-0.39, 0.29) is 12.0 Å². The molecule has 5 nitrogen and oxygen atoms in total.